The van der Waals surface area contributed by atoms with Gasteiger partial charge in [0.05, 0.1) is 6.61 Å². The molecule has 0 bridgehead atoms. The number of aromatic nitrogens is 1. The van der Waals surface area contributed by atoms with Crippen LogP contribution >= 0.6 is 0 Å². The fourth-order valence-electron chi connectivity index (χ4n) is 2.88. The minimum absolute atomic E-state index is 0.0575. The molecule has 1 aliphatic heterocycles. The molecule has 0 saturated carbocycles. The lowest BCUT2D eigenvalue weighted by atomic mass is 10.0. The first-order valence-electron chi connectivity index (χ1n) is 9.38. The van der Waals surface area contributed by atoms with Crippen molar-refractivity contribution in [3.05, 3.63) is 42.6 Å². The van der Waals surface area contributed by atoms with Gasteiger partial charge in [0.1, 0.15) is 11.4 Å². The molecule has 0 spiro atoms. The smallest absolute Gasteiger partial charge is 0.410 e. The van der Waals surface area contributed by atoms with E-state index in [9.17, 15) is 13.2 Å². The number of sulfone groups is 1. The molecule has 29 heavy (non-hydrogen) atoms. The van der Waals surface area contributed by atoms with Gasteiger partial charge in [-0.05, 0) is 50.6 Å². The van der Waals surface area contributed by atoms with E-state index in [1.165, 1.54) is 6.07 Å². The van der Waals surface area contributed by atoms with Gasteiger partial charge in [-0.3, -0.25) is 0 Å². The Morgan fingerprint density at radius 1 is 1.10 bits per heavy atom. The van der Waals surface area contributed by atoms with Crippen molar-refractivity contribution in [3.63, 3.8) is 0 Å². The molecule has 3 rings (SSSR count). The van der Waals surface area contributed by atoms with Crippen molar-refractivity contribution < 1.29 is 22.7 Å². The van der Waals surface area contributed by atoms with Crippen LogP contribution in [0.4, 0.5) is 4.79 Å². The second-order valence-electron chi connectivity index (χ2n) is 8.24. The van der Waals surface area contributed by atoms with E-state index >= 15 is 0 Å². The Morgan fingerprint density at radius 3 is 2.24 bits per heavy atom. The van der Waals surface area contributed by atoms with Crippen LogP contribution in [0.25, 0.3) is 11.1 Å². The molecule has 1 aromatic heterocycles. The van der Waals surface area contributed by atoms with Gasteiger partial charge in [0, 0.05) is 37.0 Å². The number of nitrogens with zero attached hydrogens (tertiary/aromatic N) is 2. The molecule has 0 atom stereocenters. The highest BCUT2D eigenvalue weighted by molar-refractivity contribution is 7.90. The number of hydrogen-bond donors (Lipinski definition) is 0. The lowest BCUT2D eigenvalue weighted by Crippen LogP contribution is -2.53. The molecule has 2 aromatic rings. The lowest BCUT2D eigenvalue weighted by molar-refractivity contribution is -0.00781. The Labute approximate surface area is 171 Å². The van der Waals surface area contributed by atoms with Crippen LogP contribution in [0, 0.1) is 5.92 Å². The van der Waals surface area contributed by atoms with Gasteiger partial charge in [-0.15, -0.1) is 0 Å². The molecular formula is C21H26N2O5S. The molecule has 2 heterocycles. The molecule has 156 valence electrons. The van der Waals surface area contributed by atoms with Crippen LogP contribution in [0.15, 0.2) is 47.6 Å². The Balaban J connectivity index is 1.49. The van der Waals surface area contributed by atoms with E-state index in [0.717, 1.165) is 23.1 Å². The maximum Gasteiger partial charge on any atom is 0.410 e. The predicted octanol–water partition coefficient (Wildman–Crippen LogP) is 3.40. The molecule has 1 saturated heterocycles. The third-order valence-corrected chi connectivity index (χ3v) is 5.40. The molecule has 1 fully saturated rings. The predicted molar refractivity (Wildman–Crippen MR) is 110 cm³/mol. The first-order chi connectivity index (χ1) is 13.5. The zero-order valence-corrected chi connectivity index (χ0v) is 17.9. The van der Waals surface area contributed by atoms with Crippen molar-refractivity contribution in [1.29, 1.82) is 0 Å². The van der Waals surface area contributed by atoms with Gasteiger partial charge in [-0.2, -0.15) is 0 Å². The number of rotatable bonds is 5. The molecule has 1 aromatic carbocycles. The third kappa shape index (κ3) is 5.69. The maximum atomic E-state index is 11.9. The van der Waals surface area contributed by atoms with Crippen LogP contribution in [0.2, 0.25) is 0 Å². The maximum absolute atomic E-state index is 11.9. The van der Waals surface area contributed by atoms with Crippen molar-refractivity contribution in [2.75, 3.05) is 26.0 Å². The average Bonchev–Trinajstić information content (AvgIpc) is 2.59. The first-order valence-corrected chi connectivity index (χ1v) is 11.3. The third-order valence-electron chi connectivity index (χ3n) is 4.40. The molecule has 1 aliphatic rings. The van der Waals surface area contributed by atoms with Gasteiger partial charge in [-0.1, -0.05) is 12.1 Å². The van der Waals surface area contributed by atoms with Crippen LogP contribution in [-0.2, 0) is 14.6 Å². The Bertz CT molecular complexity index is 958. The van der Waals surface area contributed by atoms with Crippen LogP contribution in [-0.4, -0.2) is 55.9 Å². The highest BCUT2D eigenvalue weighted by Gasteiger charge is 2.34. The highest BCUT2D eigenvalue weighted by Crippen LogP contribution is 2.24. The minimum atomic E-state index is -3.30. The summed E-state index contributed by atoms with van der Waals surface area (Å²) < 4.78 is 34.1. The summed E-state index contributed by atoms with van der Waals surface area (Å²) in [5, 5.41) is 0.0575. The fourth-order valence-corrected chi connectivity index (χ4v) is 3.44. The van der Waals surface area contributed by atoms with Gasteiger partial charge >= 0.3 is 6.09 Å². The average molecular weight is 419 g/mol. The zero-order valence-electron chi connectivity index (χ0n) is 17.1. The quantitative estimate of drug-likeness (QED) is 0.740. The normalized spacial score (nSPS) is 15.0. The summed E-state index contributed by atoms with van der Waals surface area (Å²) in [5.74, 6) is 1.03. The summed E-state index contributed by atoms with van der Waals surface area (Å²) in [6.45, 7) is 7.35. The molecule has 0 aliphatic carbocycles. The van der Waals surface area contributed by atoms with Crippen molar-refractivity contribution in [2.45, 2.75) is 31.4 Å². The number of carbonyl (C=O) groups excluding carboxylic acids is 1. The standard InChI is InChI=1S/C21H26N2O5S/c1-21(2,3)28-20(24)23-12-15(13-23)14-27-18-8-5-16(6-9-18)17-7-10-19(22-11-17)29(4,25)26/h5-11,15H,12-14H2,1-4H3. The molecule has 0 N–H and O–H groups in total. The zero-order chi connectivity index (χ0) is 21.2. The van der Waals surface area contributed by atoms with E-state index < -0.39 is 15.4 Å². The molecule has 7 nitrogen and oxygen atoms in total. The van der Waals surface area contributed by atoms with Gasteiger partial charge in [0.2, 0.25) is 0 Å². The van der Waals surface area contributed by atoms with E-state index in [2.05, 4.69) is 4.98 Å². The summed E-state index contributed by atoms with van der Waals surface area (Å²) in [6, 6.07) is 10.8. The second-order valence-corrected chi connectivity index (χ2v) is 10.2. The number of hydrogen-bond acceptors (Lipinski definition) is 6. The van der Waals surface area contributed by atoms with Gasteiger partial charge in [0.25, 0.3) is 0 Å². The van der Waals surface area contributed by atoms with Gasteiger partial charge < -0.3 is 14.4 Å². The molecule has 0 radical (unpaired) electrons. The lowest BCUT2D eigenvalue weighted by Gasteiger charge is -2.39. The van der Waals surface area contributed by atoms with Crippen molar-refractivity contribution >= 4 is 15.9 Å². The number of ether oxygens (including phenoxy) is 2. The van der Waals surface area contributed by atoms with Crippen molar-refractivity contribution in [3.8, 4) is 16.9 Å². The number of carbonyl (C=O) groups is 1. The summed E-state index contributed by atoms with van der Waals surface area (Å²) in [4.78, 5) is 17.6. The topological polar surface area (TPSA) is 85.8 Å². The van der Waals surface area contributed by atoms with Crippen molar-refractivity contribution in [1.82, 2.24) is 9.88 Å². The number of pyridine rings is 1. The van der Waals surface area contributed by atoms with Crippen LogP contribution < -0.4 is 4.74 Å². The van der Waals surface area contributed by atoms with Crippen LogP contribution in [0.3, 0.4) is 0 Å². The van der Waals surface area contributed by atoms with Gasteiger partial charge in [-0.25, -0.2) is 18.2 Å². The largest absolute Gasteiger partial charge is 0.493 e. The van der Waals surface area contributed by atoms with Crippen LogP contribution in [0.1, 0.15) is 20.8 Å². The molecule has 8 heteroatoms. The van der Waals surface area contributed by atoms with E-state index in [-0.39, 0.29) is 17.0 Å². The Hall–Kier alpha value is -2.61. The Kier molecular flexibility index (Phi) is 5.84. The summed E-state index contributed by atoms with van der Waals surface area (Å²) in [6.07, 6.45) is 2.40. The van der Waals surface area contributed by atoms with E-state index in [1.54, 1.807) is 17.2 Å². The highest BCUT2D eigenvalue weighted by atomic mass is 32.2. The summed E-state index contributed by atoms with van der Waals surface area (Å²) >= 11 is 0. The molecule has 1 amide bonds. The molecule has 0 unspecified atom stereocenters. The van der Waals surface area contributed by atoms with E-state index in [4.69, 9.17) is 9.47 Å². The van der Waals surface area contributed by atoms with Gasteiger partial charge in [0.15, 0.2) is 14.9 Å². The summed E-state index contributed by atoms with van der Waals surface area (Å²) in [5.41, 5.74) is 1.27. The van der Waals surface area contributed by atoms with E-state index in [1.807, 2.05) is 45.0 Å². The SMILES string of the molecule is CC(C)(C)OC(=O)N1CC(COc2ccc(-c3ccc(S(C)(=O)=O)nc3)cc2)C1. The monoisotopic (exact) mass is 418 g/mol. The van der Waals surface area contributed by atoms with E-state index in [0.29, 0.717) is 19.7 Å². The number of likely N-dealkylation sites (tertiary alicyclic amines) is 1. The first kappa shape index (κ1) is 21.1. The van der Waals surface area contributed by atoms with Crippen LogP contribution in [0.5, 0.6) is 5.75 Å². The summed E-state index contributed by atoms with van der Waals surface area (Å²) in [7, 11) is -3.30. The number of amides is 1. The second kappa shape index (κ2) is 8.02. The molecular weight excluding hydrogens is 392 g/mol. The Morgan fingerprint density at radius 2 is 1.72 bits per heavy atom. The minimum Gasteiger partial charge on any atom is -0.493 e. The fraction of sp³-hybridized carbons (Fsp3) is 0.429. The number of benzene rings is 1. The van der Waals surface area contributed by atoms with Crippen molar-refractivity contribution in [2.24, 2.45) is 5.92 Å².